The smallest absolute Gasteiger partial charge is 0.248 e. The van der Waals surface area contributed by atoms with Crippen LogP contribution >= 0.6 is 0 Å². The monoisotopic (exact) mass is 627 g/mol. The van der Waals surface area contributed by atoms with Crippen LogP contribution < -0.4 is 4.90 Å². The minimum atomic E-state index is -3.07. The van der Waals surface area contributed by atoms with Gasteiger partial charge >= 0.3 is 0 Å². The predicted molar refractivity (Wildman–Crippen MR) is 155 cm³/mol. The zero-order chi connectivity index (χ0) is 31.3. The fourth-order valence-electron chi connectivity index (χ4n) is 6.43. The molecule has 2 aliphatic carbocycles. The molecule has 0 unspecified atom stereocenters. The molecule has 2 atom stereocenters. The van der Waals surface area contributed by atoms with Gasteiger partial charge in [0.05, 0.1) is 47.2 Å². The summed E-state index contributed by atoms with van der Waals surface area (Å²) in [7, 11) is -3.07. The second-order valence-corrected chi connectivity index (χ2v) is 14.4. The molecule has 3 fully saturated rings. The van der Waals surface area contributed by atoms with E-state index in [1.807, 2.05) is 17.0 Å². The summed E-state index contributed by atoms with van der Waals surface area (Å²) in [6.07, 6.45) is 0.891. The maximum absolute atomic E-state index is 14.8. The zero-order valence-corrected chi connectivity index (χ0v) is 24.7. The van der Waals surface area contributed by atoms with E-state index < -0.39 is 64.1 Å². The molecule has 44 heavy (non-hydrogen) atoms. The molecule has 2 aromatic heterocycles. The van der Waals surface area contributed by atoms with Gasteiger partial charge in [-0.1, -0.05) is 12.1 Å². The van der Waals surface area contributed by atoms with Crippen LogP contribution in [0.3, 0.4) is 0 Å². The summed E-state index contributed by atoms with van der Waals surface area (Å²) < 4.78 is 68.5. The molecule has 13 heteroatoms. The van der Waals surface area contributed by atoms with Crippen LogP contribution in [0, 0.1) is 28.5 Å². The van der Waals surface area contributed by atoms with Gasteiger partial charge in [-0.05, 0) is 49.1 Å². The van der Waals surface area contributed by atoms with Crippen molar-refractivity contribution in [1.29, 1.82) is 5.26 Å². The summed E-state index contributed by atoms with van der Waals surface area (Å²) in [6.45, 7) is 0.201. The third-order valence-electron chi connectivity index (χ3n) is 9.15. The van der Waals surface area contributed by atoms with Crippen molar-refractivity contribution in [3.63, 3.8) is 0 Å². The summed E-state index contributed by atoms with van der Waals surface area (Å²) in [4.78, 5) is 19.7. The number of halogens is 3. The maximum Gasteiger partial charge on any atom is 0.248 e. The van der Waals surface area contributed by atoms with Crippen molar-refractivity contribution in [1.82, 2.24) is 14.8 Å². The molecule has 0 bridgehead atoms. The number of pyridine rings is 1. The number of aromatic nitrogens is 3. The lowest BCUT2D eigenvalue weighted by atomic mass is 9.71. The Balaban J connectivity index is 1.43. The first-order valence-electron chi connectivity index (χ1n) is 14.7. The second kappa shape index (κ2) is 11.3. The van der Waals surface area contributed by atoms with Crippen molar-refractivity contribution in [3.05, 3.63) is 59.8 Å². The van der Waals surface area contributed by atoms with Crippen LogP contribution in [-0.4, -0.2) is 64.6 Å². The molecule has 3 heterocycles. The fraction of sp³-hybridized carbons (Fsp3) is 0.484. The van der Waals surface area contributed by atoms with Gasteiger partial charge in [0.15, 0.2) is 15.7 Å². The Kier molecular flexibility index (Phi) is 7.78. The maximum atomic E-state index is 14.8. The molecule has 1 N–H and O–H groups in total. The van der Waals surface area contributed by atoms with E-state index in [1.54, 1.807) is 12.1 Å². The fourth-order valence-corrected chi connectivity index (χ4v) is 7.63. The van der Waals surface area contributed by atoms with E-state index in [2.05, 4.69) is 11.1 Å². The van der Waals surface area contributed by atoms with Gasteiger partial charge in [-0.2, -0.15) is 10.4 Å². The van der Waals surface area contributed by atoms with Gasteiger partial charge in [0, 0.05) is 55.4 Å². The Morgan fingerprint density at radius 1 is 1.09 bits per heavy atom. The number of hydrogen-bond donors (Lipinski definition) is 1. The normalized spacial score (nSPS) is 23.6. The van der Waals surface area contributed by atoms with E-state index in [-0.39, 0.29) is 30.2 Å². The molecule has 232 valence electrons. The Bertz CT molecular complexity index is 1700. The minimum absolute atomic E-state index is 0.0327. The van der Waals surface area contributed by atoms with Crippen LogP contribution in [0.2, 0.25) is 0 Å². The minimum Gasteiger partial charge on any atom is -0.390 e. The number of Topliss-reactive ketones (excluding diaryl/α,β-unsaturated/α-hetero) is 1. The van der Waals surface area contributed by atoms with Crippen molar-refractivity contribution >= 4 is 21.3 Å². The highest BCUT2D eigenvalue weighted by Crippen LogP contribution is 2.53. The molecule has 3 aromatic rings. The number of rotatable bonds is 8. The summed E-state index contributed by atoms with van der Waals surface area (Å²) in [5.74, 6) is -5.50. The molecule has 2 saturated carbocycles. The highest BCUT2D eigenvalue weighted by molar-refractivity contribution is 7.91. The van der Waals surface area contributed by atoms with Crippen LogP contribution in [0.5, 0.6) is 0 Å². The van der Waals surface area contributed by atoms with E-state index in [0.29, 0.717) is 48.4 Å². The van der Waals surface area contributed by atoms with Gasteiger partial charge in [-0.3, -0.25) is 4.79 Å². The van der Waals surface area contributed by atoms with E-state index in [1.165, 1.54) is 16.8 Å². The van der Waals surface area contributed by atoms with Gasteiger partial charge in [0.1, 0.15) is 11.6 Å². The molecular weight excluding hydrogens is 595 g/mol. The molecule has 0 spiro atoms. The molecule has 6 rings (SSSR count). The number of sulfone groups is 1. The average molecular weight is 628 g/mol. The third-order valence-corrected chi connectivity index (χ3v) is 10.8. The first-order chi connectivity index (χ1) is 20.9. The molecular formula is C31H32F3N5O4S. The molecule has 0 radical (unpaired) electrons. The molecule has 1 aliphatic heterocycles. The summed E-state index contributed by atoms with van der Waals surface area (Å²) in [5, 5.41) is 24.9. The van der Waals surface area contributed by atoms with Crippen LogP contribution in [0.4, 0.5) is 18.9 Å². The van der Waals surface area contributed by atoms with Crippen molar-refractivity contribution < 1.29 is 31.5 Å². The van der Waals surface area contributed by atoms with Crippen LogP contribution in [0.15, 0.2) is 42.6 Å². The quantitative estimate of drug-likeness (QED) is 0.384. The summed E-state index contributed by atoms with van der Waals surface area (Å²) in [5.41, 5.74) is 1.75. The number of alkyl halides is 2. The topological polar surface area (TPSA) is 129 Å². The molecule has 3 aliphatic rings. The number of carbonyl (C=O) groups excluding carboxylic acids is 1. The van der Waals surface area contributed by atoms with Crippen LogP contribution in [0.25, 0.3) is 16.9 Å². The number of aliphatic hydroxyl groups excluding tert-OH is 1. The van der Waals surface area contributed by atoms with E-state index in [0.717, 1.165) is 11.9 Å². The Hall–Kier alpha value is -3.76. The van der Waals surface area contributed by atoms with Crippen molar-refractivity contribution in [2.75, 3.05) is 29.5 Å². The SMILES string of the molecule is N#CC1(CC(=O)[C@@H]2CC(F)(F)CC[C@H]2c2nn(-c3ccc(F)cn3)c(CO)c2-c2ccc(N3CCS(=O)(=O)CC3)cc2)CC1. The summed E-state index contributed by atoms with van der Waals surface area (Å²) >= 11 is 0. The number of aliphatic hydroxyl groups is 1. The van der Waals surface area contributed by atoms with Gasteiger partial charge in [-0.25, -0.2) is 31.3 Å². The molecule has 1 saturated heterocycles. The lowest BCUT2D eigenvalue weighted by molar-refractivity contribution is -0.132. The van der Waals surface area contributed by atoms with Crippen molar-refractivity contribution in [3.8, 4) is 23.0 Å². The Morgan fingerprint density at radius 3 is 2.39 bits per heavy atom. The number of anilines is 1. The molecule has 1 aromatic carbocycles. The molecule has 9 nitrogen and oxygen atoms in total. The third kappa shape index (κ3) is 5.97. The zero-order valence-electron chi connectivity index (χ0n) is 23.9. The van der Waals surface area contributed by atoms with Crippen LogP contribution in [-0.2, 0) is 21.2 Å². The van der Waals surface area contributed by atoms with Crippen molar-refractivity contribution in [2.45, 2.75) is 57.0 Å². The number of carbonyl (C=O) groups is 1. The van der Waals surface area contributed by atoms with Gasteiger partial charge < -0.3 is 10.0 Å². The molecule has 0 amide bonds. The highest BCUT2D eigenvalue weighted by atomic mass is 32.2. The van der Waals surface area contributed by atoms with Gasteiger partial charge in [0.25, 0.3) is 0 Å². The van der Waals surface area contributed by atoms with Gasteiger partial charge in [-0.15, -0.1) is 0 Å². The second-order valence-electron chi connectivity index (χ2n) is 12.1. The van der Waals surface area contributed by atoms with Crippen molar-refractivity contribution in [2.24, 2.45) is 11.3 Å². The first-order valence-corrected chi connectivity index (χ1v) is 16.5. The first kappa shape index (κ1) is 30.3. The number of nitriles is 1. The van der Waals surface area contributed by atoms with E-state index in [9.17, 15) is 36.8 Å². The Labute approximate surface area is 253 Å². The predicted octanol–water partition coefficient (Wildman–Crippen LogP) is 4.58. The largest absolute Gasteiger partial charge is 0.390 e. The lowest BCUT2D eigenvalue weighted by Crippen LogP contribution is -2.40. The lowest BCUT2D eigenvalue weighted by Gasteiger charge is -2.35. The van der Waals surface area contributed by atoms with Gasteiger partial charge in [0.2, 0.25) is 5.92 Å². The average Bonchev–Trinajstić information content (AvgIpc) is 3.67. The summed E-state index contributed by atoms with van der Waals surface area (Å²) in [6, 6.07) is 12.0. The number of benzene rings is 1. The number of nitrogens with zero attached hydrogens (tertiary/aromatic N) is 5. The Morgan fingerprint density at radius 2 is 1.80 bits per heavy atom. The van der Waals surface area contributed by atoms with E-state index in [4.69, 9.17) is 5.10 Å². The number of ketones is 1. The van der Waals surface area contributed by atoms with E-state index >= 15 is 0 Å². The highest BCUT2D eigenvalue weighted by Gasteiger charge is 2.51. The number of hydrogen-bond acceptors (Lipinski definition) is 8. The standard InChI is InChI=1S/C31H32F3N5O4S/c32-21-3-6-27(36-17-21)39-25(18-40)28(20-1-4-22(5-2-20)38-11-13-44(42,43)14-12-38)29(37-39)23-7-8-31(33,34)15-24(23)26(41)16-30(19-35)9-10-30/h1-6,17,23-24,40H,7-16,18H2/t23-,24-/m1/s1. The van der Waals surface area contributed by atoms with Crippen LogP contribution in [0.1, 0.15) is 55.8 Å².